The molecule has 0 saturated heterocycles. The number of hydrogen-bond acceptors (Lipinski definition) is 3. The van der Waals surface area contributed by atoms with Crippen LogP contribution in [0.1, 0.15) is 25.3 Å². The average molecular weight is 164 g/mol. The molecule has 3 nitrogen and oxygen atoms in total. The number of hydrogen-bond donors (Lipinski definition) is 1. The topological polar surface area (TPSA) is 46.0 Å². The van der Waals surface area contributed by atoms with Crippen molar-refractivity contribution in [1.29, 1.82) is 0 Å². The predicted octanol–water partition coefficient (Wildman–Crippen LogP) is 1.09. The fourth-order valence-corrected chi connectivity index (χ4v) is 1.66. The van der Waals surface area contributed by atoms with Crippen molar-refractivity contribution in [2.75, 3.05) is 0 Å². The molecule has 1 fully saturated rings. The largest absolute Gasteiger partial charge is 0.385 e. The molecule has 0 amide bonds. The lowest BCUT2D eigenvalue weighted by Crippen LogP contribution is -2.42. The van der Waals surface area contributed by atoms with E-state index in [0.717, 1.165) is 18.4 Å². The summed E-state index contributed by atoms with van der Waals surface area (Å²) >= 11 is 0. The summed E-state index contributed by atoms with van der Waals surface area (Å²) in [5.41, 5.74) is 0.199. The predicted molar refractivity (Wildman–Crippen MR) is 44.3 cm³/mol. The van der Waals surface area contributed by atoms with Crippen molar-refractivity contribution in [3.8, 4) is 0 Å². The van der Waals surface area contributed by atoms with Gasteiger partial charge in [-0.1, -0.05) is 6.92 Å². The van der Waals surface area contributed by atoms with Crippen LogP contribution in [0, 0.1) is 5.92 Å². The van der Waals surface area contributed by atoms with Gasteiger partial charge in [-0.05, 0) is 18.8 Å². The first kappa shape index (κ1) is 7.68. The van der Waals surface area contributed by atoms with E-state index in [9.17, 15) is 5.11 Å². The Bertz CT molecular complexity index is 275. The Hall–Kier alpha value is -0.960. The van der Waals surface area contributed by atoms with Crippen molar-refractivity contribution in [3.05, 3.63) is 24.3 Å². The molecule has 1 saturated carbocycles. The van der Waals surface area contributed by atoms with Gasteiger partial charge in [0.1, 0.15) is 6.33 Å². The maximum atomic E-state index is 10.1. The molecule has 0 spiro atoms. The Kier molecular flexibility index (Phi) is 1.61. The second-order valence-corrected chi connectivity index (χ2v) is 3.49. The number of aliphatic hydroxyl groups is 1. The molecule has 3 heteroatoms. The molecule has 1 N–H and O–H groups in total. The van der Waals surface area contributed by atoms with Crippen LogP contribution in [0.15, 0.2) is 18.7 Å². The summed E-state index contributed by atoms with van der Waals surface area (Å²) < 4.78 is 0. The SMILES string of the molecule is CC1CCC1(O)c1cncnc1. The molecular weight excluding hydrogens is 152 g/mol. The van der Waals surface area contributed by atoms with Gasteiger partial charge in [-0.25, -0.2) is 9.97 Å². The van der Waals surface area contributed by atoms with Gasteiger partial charge in [0.25, 0.3) is 0 Å². The van der Waals surface area contributed by atoms with E-state index < -0.39 is 5.60 Å². The molecule has 1 heterocycles. The second-order valence-electron chi connectivity index (χ2n) is 3.49. The van der Waals surface area contributed by atoms with Crippen LogP contribution < -0.4 is 0 Å². The third-order valence-corrected chi connectivity index (χ3v) is 2.83. The van der Waals surface area contributed by atoms with Gasteiger partial charge in [0, 0.05) is 18.0 Å². The van der Waals surface area contributed by atoms with Gasteiger partial charge < -0.3 is 5.11 Å². The Morgan fingerprint density at radius 3 is 2.58 bits per heavy atom. The summed E-state index contributed by atoms with van der Waals surface area (Å²) in [4.78, 5) is 7.79. The maximum absolute atomic E-state index is 10.1. The third-order valence-electron chi connectivity index (χ3n) is 2.83. The summed E-state index contributed by atoms with van der Waals surface area (Å²) in [7, 11) is 0. The van der Waals surface area contributed by atoms with Crippen molar-refractivity contribution in [1.82, 2.24) is 9.97 Å². The van der Waals surface area contributed by atoms with Crippen molar-refractivity contribution in [2.24, 2.45) is 5.92 Å². The van der Waals surface area contributed by atoms with Gasteiger partial charge in [0.15, 0.2) is 0 Å². The molecule has 0 aromatic carbocycles. The summed E-state index contributed by atoms with van der Waals surface area (Å²) in [6.07, 6.45) is 6.80. The minimum Gasteiger partial charge on any atom is -0.385 e. The van der Waals surface area contributed by atoms with Crippen molar-refractivity contribution in [3.63, 3.8) is 0 Å². The van der Waals surface area contributed by atoms with Crippen LogP contribution in [0.4, 0.5) is 0 Å². The Morgan fingerprint density at radius 1 is 1.50 bits per heavy atom. The summed E-state index contributed by atoms with van der Waals surface area (Å²) in [6.45, 7) is 2.05. The molecule has 0 aliphatic heterocycles. The molecular formula is C9H12N2O. The van der Waals surface area contributed by atoms with Crippen LogP contribution in [-0.4, -0.2) is 15.1 Å². The standard InChI is InChI=1S/C9H12N2O/c1-7-2-3-9(7,12)8-4-10-6-11-5-8/h4-7,12H,2-3H2,1H3. The molecule has 12 heavy (non-hydrogen) atoms. The van der Waals surface area contributed by atoms with E-state index >= 15 is 0 Å². The molecule has 1 aliphatic carbocycles. The van der Waals surface area contributed by atoms with Crippen LogP contribution in [-0.2, 0) is 5.60 Å². The van der Waals surface area contributed by atoms with Crippen LogP contribution in [0.5, 0.6) is 0 Å². The highest BCUT2D eigenvalue weighted by Crippen LogP contribution is 2.45. The summed E-state index contributed by atoms with van der Waals surface area (Å²) in [6, 6.07) is 0. The van der Waals surface area contributed by atoms with Crippen LogP contribution in [0.25, 0.3) is 0 Å². The quantitative estimate of drug-likeness (QED) is 0.676. The van der Waals surface area contributed by atoms with E-state index in [-0.39, 0.29) is 0 Å². The minimum atomic E-state index is -0.652. The second kappa shape index (κ2) is 2.52. The van der Waals surface area contributed by atoms with E-state index in [1.54, 1.807) is 12.4 Å². The molecule has 1 aliphatic rings. The average Bonchev–Trinajstić information content (AvgIpc) is 2.16. The smallest absolute Gasteiger partial charge is 0.115 e. The van der Waals surface area contributed by atoms with Crippen molar-refractivity contribution >= 4 is 0 Å². The van der Waals surface area contributed by atoms with E-state index in [1.807, 2.05) is 0 Å². The first-order valence-electron chi connectivity index (χ1n) is 4.21. The van der Waals surface area contributed by atoms with Gasteiger partial charge in [-0.15, -0.1) is 0 Å². The molecule has 0 radical (unpaired) electrons. The Labute approximate surface area is 71.5 Å². The molecule has 0 bridgehead atoms. The summed E-state index contributed by atoms with van der Waals surface area (Å²) in [5.74, 6) is 0.337. The van der Waals surface area contributed by atoms with Gasteiger partial charge in [-0.3, -0.25) is 0 Å². The first-order valence-corrected chi connectivity index (χ1v) is 4.21. The van der Waals surface area contributed by atoms with E-state index in [1.165, 1.54) is 6.33 Å². The summed E-state index contributed by atoms with van der Waals surface area (Å²) in [5, 5.41) is 10.1. The molecule has 2 unspecified atom stereocenters. The normalized spacial score (nSPS) is 34.3. The number of nitrogens with zero attached hydrogens (tertiary/aromatic N) is 2. The van der Waals surface area contributed by atoms with E-state index in [4.69, 9.17) is 0 Å². The lowest BCUT2D eigenvalue weighted by molar-refractivity contribution is -0.0935. The highest BCUT2D eigenvalue weighted by molar-refractivity contribution is 5.19. The highest BCUT2D eigenvalue weighted by Gasteiger charge is 2.43. The third kappa shape index (κ3) is 0.932. The van der Waals surface area contributed by atoms with Crippen molar-refractivity contribution < 1.29 is 5.11 Å². The van der Waals surface area contributed by atoms with E-state index in [2.05, 4.69) is 16.9 Å². The molecule has 2 rings (SSSR count). The molecule has 2 atom stereocenters. The number of rotatable bonds is 1. The first-order chi connectivity index (χ1) is 5.73. The fraction of sp³-hybridized carbons (Fsp3) is 0.556. The van der Waals surface area contributed by atoms with E-state index in [0.29, 0.717) is 5.92 Å². The van der Waals surface area contributed by atoms with Crippen LogP contribution in [0.2, 0.25) is 0 Å². The molecule has 64 valence electrons. The maximum Gasteiger partial charge on any atom is 0.115 e. The molecule has 1 aromatic heterocycles. The zero-order valence-electron chi connectivity index (χ0n) is 7.07. The zero-order valence-corrected chi connectivity index (χ0v) is 7.07. The fourth-order valence-electron chi connectivity index (χ4n) is 1.66. The lowest BCUT2D eigenvalue weighted by Gasteiger charge is -2.43. The Morgan fingerprint density at radius 2 is 2.17 bits per heavy atom. The minimum absolute atomic E-state index is 0.337. The number of aromatic nitrogens is 2. The molecule has 1 aromatic rings. The monoisotopic (exact) mass is 164 g/mol. The van der Waals surface area contributed by atoms with Gasteiger partial charge in [0.2, 0.25) is 0 Å². The van der Waals surface area contributed by atoms with Gasteiger partial charge >= 0.3 is 0 Å². The van der Waals surface area contributed by atoms with Gasteiger partial charge in [0.05, 0.1) is 5.60 Å². The van der Waals surface area contributed by atoms with Gasteiger partial charge in [-0.2, -0.15) is 0 Å². The highest BCUT2D eigenvalue weighted by atomic mass is 16.3. The van der Waals surface area contributed by atoms with Crippen LogP contribution >= 0.6 is 0 Å². The lowest BCUT2D eigenvalue weighted by atomic mass is 9.67. The van der Waals surface area contributed by atoms with Crippen molar-refractivity contribution in [2.45, 2.75) is 25.4 Å². The van der Waals surface area contributed by atoms with Crippen LogP contribution in [0.3, 0.4) is 0 Å². The Balaban J connectivity index is 2.31. The zero-order chi connectivity index (χ0) is 8.60.